The number of hydrogen-bond acceptors (Lipinski definition) is 7. The van der Waals surface area contributed by atoms with Crippen LogP contribution >= 0.6 is 0 Å². The maximum Gasteiger partial charge on any atom is 0.237 e. The van der Waals surface area contributed by atoms with Crippen molar-refractivity contribution in [3.05, 3.63) is 36.8 Å². The smallest absolute Gasteiger partial charge is 0.237 e. The molecular formula is C30H38N6O3. The number of anilines is 1. The highest BCUT2D eigenvalue weighted by molar-refractivity contribution is 6.00. The molecule has 4 fully saturated rings. The predicted molar refractivity (Wildman–Crippen MR) is 149 cm³/mol. The minimum absolute atomic E-state index is 0.111. The number of aromatic nitrogens is 3. The van der Waals surface area contributed by atoms with Crippen LogP contribution in [0.25, 0.3) is 22.2 Å². The molecule has 7 rings (SSSR count). The number of amides is 1. The zero-order valence-electron chi connectivity index (χ0n) is 22.6. The third-order valence-corrected chi connectivity index (χ3v) is 9.95. The van der Waals surface area contributed by atoms with Crippen LogP contribution in [0.15, 0.2) is 36.8 Å². The van der Waals surface area contributed by atoms with E-state index in [1.165, 1.54) is 0 Å². The Balaban J connectivity index is 1.11. The lowest BCUT2D eigenvalue weighted by atomic mass is 9.79. The molecule has 4 aliphatic rings. The fourth-order valence-electron chi connectivity index (χ4n) is 7.44. The number of carbonyl (C=O) groups is 1. The van der Waals surface area contributed by atoms with Crippen molar-refractivity contribution in [1.29, 1.82) is 0 Å². The Labute approximate surface area is 228 Å². The molecule has 2 aromatic heterocycles. The molecule has 0 spiro atoms. The third kappa shape index (κ3) is 4.17. The molecule has 5 heterocycles. The van der Waals surface area contributed by atoms with Crippen LogP contribution in [0.3, 0.4) is 0 Å². The van der Waals surface area contributed by atoms with Crippen LogP contribution in [0.1, 0.15) is 64.3 Å². The summed E-state index contributed by atoms with van der Waals surface area (Å²) in [4.78, 5) is 23.4. The molecule has 206 valence electrons. The monoisotopic (exact) mass is 530 g/mol. The van der Waals surface area contributed by atoms with Gasteiger partial charge in [-0.1, -0.05) is 12.1 Å². The first-order chi connectivity index (χ1) is 18.8. The molecule has 3 aromatic rings. The zero-order chi connectivity index (χ0) is 26.8. The number of likely N-dealkylation sites (tertiary alicyclic amines) is 1. The van der Waals surface area contributed by atoms with E-state index < -0.39 is 5.54 Å². The first kappa shape index (κ1) is 24.8. The lowest BCUT2D eigenvalue weighted by Gasteiger charge is -2.42. The zero-order valence-corrected chi connectivity index (χ0v) is 22.6. The summed E-state index contributed by atoms with van der Waals surface area (Å²) in [6, 6.07) is 8.55. The molecule has 2 bridgehead atoms. The molecule has 3 saturated heterocycles. The van der Waals surface area contributed by atoms with Crippen LogP contribution in [0.4, 0.5) is 5.82 Å². The normalized spacial score (nSPS) is 32.1. The van der Waals surface area contributed by atoms with Crippen molar-refractivity contribution >= 4 is 22.8 Å². The summed E-state index contributed by atoms with van der Waals surface area (Å²) in [6.45, 7) is 4.43. The molecule has 4 N–H and O–H groups in total. The fraction of sp³-hybridized carbons (Fsp3) is 0.567. The summed E-state index contributed by atoms with van der Waals surface area (Å²) in [5.41, 5.74) is 14.5. The van der Waals surface area contributed by atoms with Crippen molar-refractivity contribution in [1.82, 2.24) is 19.4 Å². The molecule has 9 heteroatoms. The van der Waals surface area contributed by atoms with Crippen LogP contribution < -0.4 is 16.2 Å². The number of ether oxygens (including phenoxy) is 2. The molecule has 3 aliphatic heterocycles. The van der Waals surface area contributed by atoms with E-state index in [2.05, 4.69) is 37.8 Å². The highest BCUT2D eigenvalue weighted by atomic mass is 16.6. The van der Waals surface area contributed by atoms with E-state index in [4.69, 9.17) is 20.9 Å². The topological polar surface area (TPSA) is 122 Å². The molecular weight excluding hydrogens is 492 g/mol. The van der Waals surface area contributed by atoms with Crippen molar-refractivity contribution in [2.75, 3.05) is 25.4 Å². The second-order valence-electron chi connectivity index (χ2n) is 12.4. The van der Waals surface area contributed by atoms with Crippen LogP contribution in [0, 0.1) is 5.92 Å². The van der Waals surface area contributed by atoms with Gasteiger partial charge in [-0.3, -0.25) is 9.69 Å². The van der Waals surface area contributed by atoms with E-state index in [-0.39, 0.29) is 11.5 Å². The predicted octanol–water partition coefficient (Wildman–Crippen LogP) is 4.06. The number of nitrogen functional groups attached to an aromatic ring is 1. The Bertz CT molecular complexity index is 1410. The molecule has 0 radical (unpaired) electrons. The number of nitrogens with two attached hydrogens (primary N) is 2. The van der Waals surface area contributed by atoms with Gasteiger partial charge >= 0.3 is 0 Å². The molecule has 1 aliphatic carbocycles. The summed E-state index contributed by atoms with van der Waals surface area (Å²) in [6.07, 6.45) is 12.5. The Morgan fingerprint density at radius 1 is 1.21 bits per heavy atom. The number of carbonyl (C=O) groups excluding carboxylic acids is 1. The largest absolute Gasteiger partial charge is 0.491 e. The lowest BCUT2D eigenvalue weighted by molar-refractivity contribution is -0.128. The van der Waals surface area contributed by atoms with Gasteiger partial charge in [-0.15, -0.1) is 0 Å². The van der Waals surface area contributed by atoms with Crippen LogP contribution in [0.5, 0.6) is 5.75 Å². The number of nitrogens with zero attached hydrogens (tertiary/aromatic N) is 4. The third-order valence-electron chi connectivity index (χ3n) is 9.95. The van der Waals surface area contributed by atoms with Gasteiger partial charge in [0.15, 0.2) is 0 Å². The Hall–Kier alpha value is -3.17. The average Bonchev–Trinajstić information content (AvgIpc) is 3.69. The van der Waals surface area contributed by atoms with E-state index in [9.17, 15) is 4.79 Å². The van der Waals surface area contributed by atoms with E-state index in [0.29, 0.717) is 30.5 Å². The van der Waals surface area contributed by atoms with Gasteiger partial charge in [0.1, 0.15) is 35.7 Å². The van der Waals surface area contributed by atoms with Crippen LogP contribution in [0.2, 0.25) is 0 Å². The molecule has 1 aromatic carbocycles. The Morgan fingerprint density at radius 2 is 2.03 bits per heavy atom. The SMILES string of the molecule is CC1(C(N)=O)CCCN1CC1CC(n2cc(-c3cccc(OCC45CCC(CC4)O5)c3)c3c(N)ncnc32)C1. The number of primary amides is 1. The molecule has 1 saturated carbocycles. The summed E-state index contributed by atoms with van der Waals surface area (Å²) < 4.78 is 14.8. The first-order valence-electron chi connectivity index (χ1n) is 14.4. The standard InChI is InChI=1S/C30H38N6O3/c1-29(28(32)37)8-3-11-35(29)15-19-12-21(13-19)36-16-24(25-26(31)33-18-34-27(25)36)20-4-2-5-23(14-20)38-17-30-9-6-22(39-30)7-10-30/h2,4-5,14,16,18-19,21-22H,3,6-13,15,17H2,1H3,(H2,32,37)(H2,31,33,34). The minimum Gasteiger partial charge on any atom is -0.491 e. The van der Waals surface area contributed by atoms with Gasteiger partial charge in [0.05, 0.1) is 17.0 Å². The van der Waals surface area contributed by atoms with Crippen LogP contribution in [-0.4, -0.2) is 62.3 Å². The fourth-order valence-corrected chi connectivity index (χ4v) is 7.44. The molecule has 9 nitrogen and oxygen atoms in total. The average molecular weight is 531 g/mol. The number of fused-ring (bicyclic) bond motifs is 3. The summed E-state index contributed by atoms with van der Waals surface area (Å²) in [7, 11) is 0. The molecule has 1 amide bonds. The van der Waals surface area contributed by atoms with E-state index in [1.807, 2.05) is 19.1 Å². The molecule has 1 atom stereocenters. The summed E-state index contributed by atoms with van der Waals surface area (Å²) in [5.74, 6) is 1.64. The van der Waals surface area contributed by atoms with Gasteiger partial charge in [-0.2, -0.15) is 0 Å². The number of rotatable bonds is 8. The van der Waals surface area contributed by atoms with Crippen LogP contribution in [-0.2, 0) is 9.53 Å². The van der Waals surface area contributed by atoms with Crippen molar-refractivity contribution in [2.24, 2.45) is 11.7 Å². The van der Waals surface area contributed by atoms with E-state index >= 15 is 0 Å². The first-order valence-corrected chi connectivity index (χ1v) is 14.4. The lowest BCUT2D eigenvalue weighted by Crippen LogP contribution is -2.53. The van der Waals surface area contributed by atoms with Crippen molar-refractivity contribution in [3.63, 3.8) is 0 Å². The number of benzene rings is 1. The summed E-state index contributed by atoms with van der Waals surface area (Å²) in [5, 5.41) is 0.885. The van der Waals surface area contributed by atoms with Crippen molar-refractivity contribution < 1.29 is 14.3 Å². The molecule has 1 unspecified atom stereocenters. The Kier molecular flexibility index (Phi) is 5.86. The second-order valence-corrected chi connectivity index (χ2v) is 12.4. The highest BCUT2D eigenvalue weighted by Crippen LogP contribution is 2.46. The van der Waals surface area contributed by atoms with Gasteiger partial charge in [-0.05, 0) is 88.4 Å². The summed E-state index contributed by atoms with van der Waals surface area (Å²) >= 11 is 0. The Morgan fingerprint density at radius 3 is 2.77 bits per heavy atom. The highest BCUT2D eigenvalue weighted by Gasteiger charge is 2.47. The van der Waals surface area contributed by atoms with Gasteiger partial charge < -0.3 is 25.5 Å². The van der Waals surface area contributed by atoms with Gasteiger partial charge in [0.2, 0.25) is 5.91 Å². The van der Waals surface area contributed by atoms with Gasteiger partial charge in [0.25, 0.3) is 0 Å². The van der Waals surface area contributed by atoms with E-state index in [1.54, 1.807) is 6.33 Å². The minimum atomic E-state index is -0.518. The maximum absolute atomic E-state index is 12.1. The second kappa shape index (κ2) is 9.20. The maximum atomic E-state index is 12.1. The van der Waals surface area contributed by atoms with Gasteiger partial charge in [0, 0.05) is 24.3 Å². The molecule has 39 heavy (non-hydrogen) atoms. The quantitative estimate of drug-likeness (QED) is 0.450. The van der Waals surface area contributed by atoms with Crippen molar-refractivity contribution in [2.45, 2.75) is 81.6 Å². The number of hydrogen-bond donors (Lipinski definition) is 2. The van der Waals surface area contributed by atoms with Gasteiger partial charge in [-0.25, -0.2) is 9.97 Å². The van der Waals surface area contributed by atoms with Crippen molar-refractivity contribution in [3.8, 4) is 16.9 Å². The van der Waals surface area contributed by atoms with E-state index in [0.717, 1.165) is 92.4 Å².